The van der Waals surface area contributed by atoms with Gasteiger partial charge in [-0.2, -0.15) is 0 Å². The van der Waals surface area contributed by atoms with Crippen molar-refractivity contribution in [2.75, 3.05) is 19.7 Å². The Bertz CT molecular complexity index is 753. The number of benzene rings is 1. The zero-order chi connectivity index (χ0) is 16.5. The van der Waals surface area contributed by atoms with Crippen LogP contribution in [-0.2, 0) is 17.6 Å². The molecule has 2 heterocycles. The largest absolute Gasteiger partial charge is 0.367 e. The van der Waals surface area contributed by atoms with Crippen LogP contribution < -0.4 is 0 Å². The lowest BCUT2D eigenvalue weighted by atomic mass is 9.90. The van der Waals surface area contributed by atoms with Gasteiger partial charge in [0.2, 0.25) is 0 Å². The number of morpholine rings is 1. The Labute approximate surface area is 142 Å². The van der Waals surface area contributed by atoms with E-state index >= 15 is 0 Å². The van der Waals surface area contributed by atoms with E-state index in [1.807, 2.05) is 17.9 Å². The van der Waals surface area contributed by atoms with Gasteiger partial charge in [0.1, 0.15) is 11.9 Å². The number of hydrogen-bond donors (Lipinski definition) is 1. The van der Waals surface area contributed by atoms with E-state index in [9.17, 15) is 4.79 Å². The first kappa shape index (κ1) is 15.4. The third-order valence-electron chi connectivity index (χ3n) is 4.98. The maximum absolute atomic E-state index is 12.9. The summed E-state index contributed by atoms with van der Waals surface area (Å²) >= 11 is 0. The smallest absolute Gasteiger partial charge is 0.254 e. The SMILES string of the molecule is Cc1cnc([C@H]2CN(C(=O)c3ccc4c(c3)CCCC4)CCO2)[nH]1. The molecular formula is C19H23N3O2. The quantitative estimate of drug-likeness (QED) is 0.924. The Morgan fingerprint density at radius 3 is 2.92 bits per heavy atom. The van der Waals surface area contributed by atoms with E-state index in [1.54, 1.807) is 6.20 Å². The van der Waals surface area contributed by atoms with Gasteiger partial charge in [-0.3, -0.25) is 4.79 Å². The number of amides is 1. The van der Waals surface area contributed by atoms with Gasteiger partial charge in [-0.15, -0.1) is 0 Å². The second-order valence-electron chi connectivity index (χ2n) is 6.75. The summed E-state index contributed by atoms with van der Waals surface area (Å²) in [6.45, 7) is 3.69. The van der Waals surface area contributed by atoms with Gasteiger partial charge in [-0.1, -0.05) is 6.07 Å². The molecule has 1 aliphatic heterocycles. The molecule has 0 bridgehead atoms. The van der Waals surface area contributed by atoms with Gasteiger partial charge in [0.05, 0.1) is 13.2 Å². The highest BCUT2D eigenvalue weighted by atomic mass is 16.5. The maximum atomic E-state index is 12.9. The molecule has 126 valence electrons. The number of imidazole rings is 1. The molecule has 1 N–H and O–H groups in total. The number of carbonyl (C=O) groups excluding carboxylic acids is 1. The van der Waals surface area contributed by atoms with Crippen LogP contribution in [0.4, 0.5) is 0 Å². The molecule has 2 aromatic rings. The number of aromatic amines is 1. The van der Waals surface area contributed by atoms with Crippen LogP contribution in [0.1, 0.15) is 51.9 Å². The summed E-state index contributed by atoms with van der Waals surface area (Å²) in [4.78, 5) is 22.3. The number of aromatic nitrogens is 2. The normalized spacial score (nSPS) is 20.7. The minimum Gasteiger partial charge on any atom is -0.367 e. The highest BCUT2D eigenvalue weighted by Crippen LogP contribution is 2.25. The molecule has 1 aliphatic carbocycles. The lowest BCUT2D eigenvalue weighted by Crippen LogP contribution is -2.42. The first-order valence-electron chi connectivity index (χ1n) is 8.75. The zero-order valence-electron chi connectivity index (χ0n) is 14.0. The van der Waals surface area contributed by atoms with E-state index in [1.165, 1.54) is 24.0 Å². The minimum atomic E-state index is -0.172. The van der Waals surface area contributed by atoms with Gasteiger partial charge >= 0.3 is 0 Å². The first-order chi connectivity index (χ1) is 11.7. The molecule has 5 nitrogen and oxygen atoms in total. The standard InChI is InChI=1S/C19H23N3O2/c1-13-11-20-18(21-13)17-12-22(8-9-24-17)19(23)16-7-6-14-4-2-3-5-15(14)10-16/h6-7,10-11,17H,2-5,8-9,12H2,1H3,(H,20,21)/t17-/m1/s1. The highest BCUT2D eigenvalue weighted by Gasteiger charge is 2.28. The van der Waals surface area contributed by atoms with E-state index in [-0.39, 0.29) is 12.0 Å². The number of H-pyrrole nitrogens is 1. The Morgan fingerprint density at radius 2 is 2.12 bits per heavy atom. The number of fused-ring (bicyclic) bond motifs is 1. The van der Waals surface area contributed by atoms with Crippen molar-refractivity contribution in [2.45, 2.75) is 38.7 Å². The summed E-state index contributed by atoms with van der Waals surface area (Å²) in [5.41, 5.74) is 4.56. The summed E-state index contributed by atoms with van der Waals surface area (Å²) in [6.07, 6.45) is 6.34. The fourth-order valence-electron chi connectivity index (χ4n) is 3.64. The molecular weight excluding hydrogens is 302 g/mol. The van der Waals surface area contributed by atoms with Crippen LogP contribution in [0.2, 0.25) is 0 Å². The van der Waals surface area contributed by atoms with E-state index in [4.69, 9.17) is 4.74 Å². The van der Waals surface area contributed by atoms with E-state index in [0.717, 1.165) is 29.9 Å². The third-order valence-corrected chi connectivity index (χ3v) is 4.98. The van der Waals surface area contributed by atoms with Crippen LogP contribution >= 0.6 is 0 Å². The van der Waals surface area contributed by atoms with E-state index in [0.29, 0.717) is 19.7 Å². The number of aryl methyl sites for hydroxylation is 3. The number of hydrogen-bond acceptors (Lipinski definition) is 3. The number of carbonyl (C=O) groups is 1. The maximum Gasteiger partial charge on any atom is 0.254 e. The molecule has 0 radical (unpaired) electrons. The van der Waals surface area contributed by atoms with Gasteiger partial charge in [0.25, 0.3) is 5.91 Å². The predicted molar refractivity (Wildman–Crippen MR) is 91.0 cm³/mol. The van der Waals surface area contributed by atoms with E-state index < -0.39 is 0 Å². The molecule has 1 atom stereocenters. The first-order valence-corrected chi connectivity index (χ1v) is 8.75. The third kappa shape index (κ3) is 2.96. The molecule has 2 aliphatic rings. The average Bonchev–Trinajstić information content (AvgIpc) is 3.07. The summed E-state index contributed by atoms with van der Waals surface area (Å²) in [7, 11) is 0. The van der Waals surface area contributed by atoms with Crippen LogP contribution in [0.25, 0.3) is 0 Å². The minimum absolute atomic E-state index is 0.0972. The highest BCUT2D eigenvalue weighted by molar-refractivity contribution is 5.94. The summed E-state index contributed by atoms with van der Waals surface area (Å²) in [5, 5.41) is 0. The summed E-state index contributed by atoms with van der Waals surface area (Å²) in [6, 6.07) is 6.21. The van der Waals surface area contributed by atoms with Crippen molar-refractivity contribution in [1.29, 1.82) is 0 Å². The van der Waals surface area contributed by atoms with Gasteiger partial charge in [0, 0.05) is 24.0 Å². The number of nitrogens with zero attached hydrogens (tertiary/aromatic N) is 2. The average molecular weight is 325 g/mol. The fourth-order valence-corrected chi connectivity index (χ4v) is 3.64. The van der Waals surface area contributed by atoms with Crippen molar-refractivity contribution in [3.8, 4) is 0 Å². The number of rotatable bonds is 2. The molecule has 5 heteroatoms. The molecule has 1 fully saturated rings. The van der Waals surface area contributed by atoms with Crippen LogP contribution in [0.15, 0.2) is 24.4 Å². The Kier molecular flexibility index (Phi) is 4.10. The Morgan fingerprint density at radius 1 is 1.29 bits per heavy atom. The lowest BCUT2D eigenvalue weighted by molar-refractivity contribution is -0.0264. The Balaban J connectivity index is 1.51. The number of ether oxygens (including phenoxy) is 1. The van der Waals surface area contributed by atoms with Crippen LogP contribution in [0, 0.1) is 6.92 Å². The molecule has 1 saturated heterocycles. The van der Waals surface area contributed by atoms with Crippen molar-refractivity contribution in [1.82, 2.24) is 14.9 Å². The van der Waals surface area contributed by atoms with Gasteiger partial charge in [-0.25, -0.2) is 4.98 Å². The number of nitrogens with one attached hydrogen (secondary N) is 1. The van der Waals surface area contributed by atoms with Crippen molar-refractivity contribution < 1.29 is 9.53 Å². The van der Waals surface area contributed by atoms with Crippen molar-refractivity contribution in [3.63, 3.8) is 0 Å². The van der Waals surface area contributed by atoms with Gasteiger partial charge in [0.15, 0.2) is 0 Å². The van der Waals surface area contributed by atoms with Crippen molar-refractivity contribution in [3.05, 3.63) is 52.6 Å². The van der Waals surface area contributed by atoms with Gasteiger partial charge < -0.3 is 14.6 Å². The van der Waals surface area contributed by atoms with E-state index in [2.05, 4.69) is 22.1 Å². The molecule has 0 spiro atoms. The predicted octanol–water partition coefficient (Wildman–Crippen LogP) is 2.81. The molecule has 1 aromatic heterocycles. The zero-order valence-corrected chi connectivity index (χ0v) is 14.0. The molecule has 1 amide bonds. The molecule has 24 heavy (non-hydrogen) atoms. The van der Waals surface area contributed by atoms with Crippen LogP contribution in [-0.4, -0.2) is 40.5 Å². The molecule has 4 rings (SSSR count). The van der Waals surface area contributed by atoms with Crippen molar-refractivity contribution in [2.24, 2.45) is 0 Å². The molecule has 1 aromatic carbocycles. The summed E-state index contributed by atoms with van der Waals surface area (Å²) in [5.74, 6) is 0.899. The molecule has 0 saturated carbocycles. The monoisotopic (exact) mass is 325 g/mol. The lowest BCUT2D eigenvalue weighted by Gasteiger charge is -2.32. The van der Waals surface area contributed by atoms with Crippen LogP contribution in [0.3, 0.4) is 0 Å². The second kappa shape index (κ2) is 6.40. The topological polar surface area (TPSA) is 58.2 Å². The Hall–Kier alpha value is -2.14. The van der Waals surface area contributed by atoms with Gasteiger partial charge in [-0.05, 0) is 55.9 Å². The molecule has 0 unspecified atom stereocenters. The summed E-state index contributed by atoms with van der Waals surface area (Å²) < 4.78 is 5.80. The van der Waals surface area contributed by atoms with Crippen molar-refractivity contribution >= 4 is 5.91 Å². The van der Waals surface area contributed by atoms with Crippen LogP contribution in [0.5, 0.6) is 0 Å². The fraction of sp³-hybridized carbons (Fsp3) is 0.474. The second-order valence-corrected chi connectivity index (χ2v) is 6.75.